The summed E-state index contributed by atoms with van der Waals surface area (Å²) >= 11 is 0. The highest BCUT2D eigenvalue weighted by Crippen LogP contribution is 2.08. The Morgan fingerprint density at radius 1 is 1.22 bits per heavy atom. The fourth-order valence-electron chi connectivity index (χ4n) is 0.957. The molecule has 0 bridgehead atoms. The Bertz CT molecular complexity index is 82.2. The van der Waals surface area contributed by atoms with Crippen LogP contribution < -0.4 is 0 Å². The predicted molar refractivity (Wildman–Crippen MR) is 43.5 cm³/mol. The molecule has 0 aromatic rings. The van der Waals surface area contributed by atoms with Gasteiger partial charge in [0.2, 0.25) is 0 Å². The number of rotatable bonds is 3. The summed E-state index contributed by atoms with van der Waals surface area (Å²) in [6.07, 6.45) is 4.80. The van der Waals surface area contributed by atoms with Gasteiger partial charge in [-0.25, -0.2) is 0 Å². The van der Waals surface area contributed by atoms with Crippen LogP contribution in [-0.2, 0) is 0 Å². The first-order chi connectivity index (χ1) is 4.20. The van der Waals surface area contributed by atoms with Crippen LogP contribution in [0.2, 0.25) is 0 Å². The largest absolute Gasteiger partial charge is 0.0828 e. The van der Waals surface area contributed by atoms with Crippen LogP contribution in [0.1, 0.15) is 40.5 Å². The van der Waals surface area contributed by atoms with Gasteiger partial charge < -0.3 is 0 Å². The van der Waals surface area contributed by atoms with Gasteiger partial charge in [0.25, 0.3) is 0 Å². The van der Waals surface area contributed by atoms with Crippen molar-refractivity contribution in [1.82, 2.24) is 0 Å². The summed E-state index contributed by atoms with van der Waals surface area (Å²) in [5.74, 6) is 0.722. The van der Waals surface area contributed by atoms with Gasteiger partial charge in [-0.3, -0.25) is 0 Å². The molecule has 0 heterocycles. The second-order valence-electron chi connectivity index (χ2n) is 2.78. The maximum absolute atomic E-state index is 2.36. The van der Waals surface area contributed by atoms with Gasteiger partial charge in [0, 0.05) is 0 Å². The number of hydrogen-bond acceptors (Lipinski definition) is 0. The molecule has 0 heteroatoms. The molecule has 0 radical (unpaired) electrons. The monoisotopic (exact) mass is 126 g/mol. The highest BCUT2D eigenvalue weighted by atomic mass is 14.0. The van der Waals surface area contributed by atoms with Gasteiger partial charge in [-0.2, -0.15) is 0 Å². The van der Waals surface area contributed by atoms with Crippen LogP contribution >= 0.6 is 0 Å². The summed E-state index contributed by atoms with van der Waals surface area (Å²) < 4.78 is 0. The molecule has 0 amide bonds. The van der Waals surface area contributed by atoms with Crippen LogP contribution in [0.5, 0.6) is 0 Å². The Hall–Kier alpha value is -0.260. The number of hydrogen-bond donors (Lipinski definition) is 0. The molecule has 0 aliphatic heterocycles. The first-order valence-corrected chi connectivity index (χ1v) is 3.90. The average molecular weight is 126 g/mol. The Morgan fingerprint density at radius 3 is 1.78 bits per heavy atom. The van der Waals surface area contributed by atoms with Crippen LogP contribution in [0.3, 0.4) is 0 Å². The van der Waals surface area contributed by atoms with E-state index in [0.29, 0.717) is 0 Å². The Kier molecular flexibility index (Phi) is 4.47. The molecule has 0 aromatic carbocycles. The summed E-state index contributed by atoms with van der Waals surface area (Å²) in [6, 6.07) is 0. The van der Waals surface area contributed by atoms with Crippen molar-refractivity contribution in [2.45, 2.75) is 40.5 Å². The van der Waals surface area contributed by atoms with E-state index >= 15 is 0 Å². The molecule has 0 saturated heterocycles. The zero-order valence-corrected chi connectivity index (χ0v) is 7.07. The summed E-state index contributed by atoms with van der Waals surface area (Å²) in [5.41, 5.74) is 1.59. The zero-order valence-electron chi connectivity index (χ0n) is 7.07. The van der Waals surface area contributed by atoms with E-state index in [4.69, 9.17) is 0 Å². The van der Waals surface area contributed by atoms with Gasteiger partial charge in [-0.05, 0) is 18.8 Å². The van der Waals surface area contributed by atoms with E-state index in [9.17, 15) is 0 Å². The van der Waals surface area contributed by atoms with Gasteiger partial charge in [-0.15, -0.1) is 0 Å². The third kappa shape index (κ3) is 4.26. The normalized spacial score (nSPS) is 9.89. The van der Waals surface area contributed by atoms with E-state index in [0.717, 1.165) is 5.92 Å². The molecule has 54 valence electrons. The van der Waals surface area contributed by atoms with Gasteiger partial charge in [0.15, 0.2) is 0 Å². The topological polar surface area (TPSA) is 0 Å². The van der Waals surface area contributed by atoms with E-state index in [1.165, 1.54) is 12.8 Å². The molecule has 0 rings (SSSR count). The van der Waals surface area contributed by atoms with Crippen molar-refractivity contribution in [3.05, 3.63) is 11.6 Å². The van der Waals surface area contributed by atoms with Crippen LogP contribution in [0, 0.1) is 5.92 Å². The molecule has 0 saturated carbocycles. The average Bonchev–Trinajstić information content (AvgIpc) is 1.82. The second-order valence-corrected chi connectivity index (χ2v) is 2.78. The van der Waals surface area contributed by atoms with Crippen molar-refractivity contribution in [3.63, 3.8) is 0 Å². The molecule has 0 unspecified atom stereocenters. The Morgan fingerprint density at radius 2 is 1.67 bits per heavy atom. The minimum absolute atomic E-state index is 0.722. The van der Waals surface area contributed by atoms with E-state index in [-0.39, 0.29) is 0 Å². The first kappa shape index (κ1) is 8.74. The van der Waals surface area contributed by atoms with E-state index in [1.807, 2.05) is 0 Å². The molecular weight excluding hydrogens is 108 g/mol. The molecule has 0 aliphatic rings. The zero-order chi connectivity index (χ0) is 7.28. The van der Waals surface area contributed by atoms with Crippen LogP contribution in [0.25, 0.3) is 0 Å². The molecule has 0 atom stereocenters. The Labute approximate surface area is 59.0 Å². The van der Waals surface area contributed by atoms with Crippen LogP contribution in [-0.4, -0.2) is 0 Å². The Balaban J connectivity index is 3.75. The third-order valence-electron chi connectivity index (χ3n) is 1.48. The first-order valence-electron chi connectivity index (χ1n) is 3.90. The van der Waals surface area contributed by atoms with Crippen LogP contribution in [0.15, 0.2) is 11.6 Å². The SMILES string of the molecule is CCC(=CC(C)C)CC. The lowest BCUT2D eigenvalue weighted by Gasteiger charge is -2.01. The summed E-state index contributed by atoms with van der Waals surface area (Å²) in [6.45, 7) is 8.89. The van der Waals surface area contributed by atoms with Gasteiger partial charge in [-0.1, -0.05) is 39.3 Å². The lowest BCUT2D eigenvalue weighted by atomic mass is 10.1. The highest BCUT2D eigenvalue weighted by molar-refractivity contribution is 5.01. The molecule has 0 nitrogen and oxygen atoms in total. The molecule has 0 aromatic heterocycles. The van der Waals surface area contributed by atoms with Crippen molar-refractivity contribution in [2.24, 2.45) is 5.92 Å². The quantitative estimate of drug-likeness (QED) is 0.508. The molecule has 0 spiro atoms. The van der Waals surface area contributed by atoms with E-state index < -0.39 is 0 Å². The molecule has 0 N–H and O–H groups in total. The van der Waals surface area contributed by atoms with Gasteiger partial charge in [0.05, 0.1) is 0 Å². The standard InChI is InChI=1S/C9H18/c1-5-9(6-2)7-8(3)4/h7-8H,5-6H2,1-4H3. The summed E-state index contributed by atoms with van der Waals surface area (Å²) in [7, 11) is 0. The molecule has 9 heavy (non-hydrogen) atoms. The smallest absolute Gasteiger partial charge is 0.0288 e. The minimum Gasteiger partial charge on any atom is -0.0828 e. The molecule has 0 fully saturated rings. The van der Waals surface area contributed by atoms with Gasteiger partial charge in [0.1, 0.15) is 0 Å². The fraction of sp³-hybridized carbons (Fsp3) is 0.778. The third-order valence-corrected chi connectivity index (χ3v) is 1.48. The van der Waals surface area contributed by atoms with Crippen molar-refractivity contribution in [1.29, 1.82) is 0 Å². The van der Waals surface area contributed by atoms with Crippen molar-refractivity contribution in [2.75, 3.05) is 0 Å². The summed E-state index contributed by atoms with van der Waals surface area (Å²) in [5, 5.41) is 0. The van der Waals surface area contributed by atoms with Gasteiger partial charge >= 0.3 is 0 Å². The van der Waals surface area contributed by atoms with Crippen molar-refractivity contribution < 1.29 is 0 Å². The van der Waals surface area contributed by atoms with Crippen LogP contribution in [0.4, 0.5) is 0 Å². The predicted octanol–water partition coefficient (Wildman–Crippen LogP) is 3.39. The van der Waals surface area contributed by atoms with Crippen molar-refractivity contribution >= 4 is 0 Å². The van der Waals surface area contributed by atoms with E-state index in [2.05, 4.69) is 33.8 Å². The fourth-order valence-corrected chi connectivity index (χ4v) is 0.957. The maximum atomic E-state index is 2.36. The van der Waals surface area contributed by atoms with E-state index in [1.54, 1.807) is 5.57 Å². The van der Waals surface area contributed by atoms with Crippen molar-refractivity contribution in [3.8, 4) is 0 Å². The maximum Gasteiger partial charge on any atom is -0.0288 e. The number of allylic oxidation sites excluding steroid dienone is 2. The minimum atomic E-state index is 0.722. The lowest BCUT2D eigenvalue weighted by Crippen LogP contribution is -1.84. The molecular formula is C9H18. The highest BCUT2D eigenvalue weighted by Gasteiger charge is 1.90. The second kappa shape index (κ2) is 4.60. The lowest BCUT2D eigenvalue weighted by molar-refractivity contribution is 0.800. The summed E-state index contributed by atoms with van der Waals surface area (Å²) in [4.78, 5) is 0. The molecule has 0 aliphatic carbocycles.